The summed E-state index contributed by atoms with van der Waals surface area (Å²) in [6.07, 6.45) is 9.52. The fourth-order valence-electron chi connectivity index (χ4n) is 3.29. The second-order valence-corrected chi connectivity index (χ2v) is 7.72. The summed E-state index contributed by atoms with van der Waals surface area (Å²) in [5.74, 6) is 0.699. The van der Waals surface area contributed by atoms with E-state index in [2.05, 4.69) is 0 Å². The summed E-state index contributed by atoms with van der Waals surface area (Å²) >= 11 is 0. The fourth-order valence-corrected chi connectivity index (χ4v) is 3.70. The summed E-state index contributed by atoms with van der Waals surface area (Å²) in [6, 6.07) is -0.0687. The Kier molecular flexibility index (Phi) is 5.43. The molecule has 0 aromatic carbocycles. The van der Waals surface area contributed by atoms with Crippen LogP contribution in [0.3, 0.4) is 0 Å². The summed E-state index contributed by atoms with van der Waals surface area (Å²) < 4.78 is 27.0. The fraction of sp³-hybridized carbons (Fsp3) is 0.929. The van der Waals surface area contributed by atoms with E-state index in [-0.39, 0.29) is 18.6 Å². The second kappa shape index (κ2) is 6.89. The zero-order chi connectivity index (χ0) is 14.6. The highest BCUT2D eigenvalue weighted by Gasteiger charge is 2.31. The van der Waals surface area contributed by atoms with E-state index in [0.29, 0.717) is 12.3 Å². The Labute approximate surface area is 121 Å². The largest absolute Gasteiger partial charge is 0.337 e. The van der Waals surface area contributed by atoms with Crippen molar-refractivity contribution in [1.29, 1.82) is 0 Å². The van der Waals surface area contributed by atoms with Crippen LogP contribution in [0.1, 0.15) is 51.4 Å². The lowest BCUT2D eigenvalue weighted by Gasteiger charge is -2.27. The molecule has 0 unspecified atom stereocenters. The highest BCUT2D eigenvalue weighted by Crippen LogP contribution is 2.28. The third-order valence-corrected chi connectivity index (χ3v) is 4.92. The van der Waals surface area contributed by atoms with Crippen molar-refractivity contribution >= 4 is 16.0 Å². The van der Waals surface area contributed by atoms with Crippen LogP contribution in [-0.4, -0.2) is 44.7 Å². The van der Waals surface area contributed by atoms with Crippen molar-refractivity contribution in [2.75, 3.05) is 19.4 Å². The number of likely N-dealkylation sites (tertiary alicyclic amines) is 1. The smallest absolute Gasteiger partial charge is 0.264 e. The summed E-state index contributed by atoms with van der Waals surface area (Å²) in [4.78, 5) is 14.2. The van der Waals surface area contributed by atoms with Gasteiger partial charge in [-0.05, 0) is 31.6 Å². The molecule has 2 rings (SSSR count). The number of hydrogen-bond donors (Lipinski definition) is 0. The number of carbonyl (C=O) groups excluding carboxylic acids is 1. The van der Waals surface area contributed by atoms with Gasteiger partial charge >= 0.3 is 0 Å². The highest BCUT2D eigenvalue weighted by molar-refractivity contribution is 7.85. The first-order valence-electron chi connectivity index (χ1n) is 7.59. The second-order valence-electron chi connectivity index (χ2n) is 6.08. The Hall–Kier alpha value is -0.620. The molecular formula is C14H25NO4S. The van der Waals surface area contributed by atoms with Crippen LogP contribution in [0.5, 0.6) is 0 Å². The Morgan fingerprint density at radius 2 is 1.85 bits per heavy atom. The summed E-state index contributed by atoms with van der Waals surface area (Å²) in [5, 5.41) is 0. The molecule has 0 N–H and O–H groups in total. The SMILES string of the molecule is CS(=O)(=O)OC[C@@H]1CCCN1C(=O)CC1CCCCC1. The minimum absolute atomic E-state index is 0.0687. The van der Waals surface area contributed by atoms with E-state index >= 15 is 0 Å². The van der Waals surface area contributed by atoms with Crippen LogP contribution in [0.4, 0.5) is 0 Å². The van der Waals surface area contributed by atoms with Gasteiger partial charge in [-0.3, -0.25) is 8.98 Å². The molecule has 0 bridgehead atoms. The lowest BCUT2D eigenvalue weighted by Crippen LogP contribution is -2.39. The molecule has 5 nitrogen and oxygen atoms in total. The maximum absolute atomic E-state index is 12.4. The van der Waals surface area contributed by atoms with Gasteiger partial charge in [-0.25, -0.2) is 0 Å². The van der Waals surface area contributed by atoms with Crippen LogP contribution in [0.15, 0.2) is 0 Å². The molecule has 6 heteroatoms. The van der Waals surface area contributed by atoms with Crippen LogP contribution in [0.2, 0.25) is 0 Å². The third-order valence-electron chi connectivity index (χ3n) is 4.36. The van der Waals surface area contributed by atoms with Gasteiger partial charge in [0, 0.05) is 13.0 Å². The van der Waals surface area contributed by atoms with Gasteiger partial charge in [0.05, 0.1) is 18.9 Å². The predicted octanol–water partition coefficient (Wildman–Crippen LogP) is 1.92. The molecule has 0 spiro atoms. The van der Waals surface area contributed by atoms with Crippen molar-refractivity contribution in [2.24, 2.45) is 5.92 Å². The molecule has 1 heterocycles. The lowest BCUT2D eigenvalue weighted by molar-refractivity contribution is -0.133. The van der Waals surface area contributed by atoms with Crippen LogP contribution < -0.4 is 0 Å². The minimum atomic E-state index is -3.43. The third kappa shape index (κ3) is 4.74. The van der Waals surface area contributed by atoms with E-state index in [1.54, 1.807) is 0 Å². The number of nitrogens with zero attached hydrogens (tertiary/aromatic N) is 1. The van der Waals surface area contributed by atoms with E-state index in [4.69, 9.17) is 4.18 Å². The Morgan fingerprint density at radius 1 is 1.15 bits per heavy atom. The molecule has 116 valence electrons. The number of hydrogen-bond acceptors (Lipinski definition) is 4. The van der Waals surface area contributed by atoms with E-state index in [0.717, 1.165) is 38.5 Å². The Balaban J connectivity index is 1.84. The van der Waals surface area contributed by atoms with E-state index < -0.39 is 10.1 Å². The summed E-state index contributed by atoms with van der Waals surface area (Å²) in [7, 11) is -3.43. The summed E-state index contributed by atoms with van der Waals surface area (Å²) in [5.41, 5.74) is 0. The Bertz CT molecular complexity index is 428. The lowest BCUT2D eigenvalue weighted by atomic mass is 9.86. The monoisotopic (exact) mass is 303 g/mol. The first-order chi connectivity index (χ1) is 9.46. The van der Waals surface area contributed by atoms with Crippen molar-refractivity contribution in [3.05, 3.63) is 0 Å². The zero-order valence-electron chi connectivity index (χ0n) is 12.2. The molecule has 0 aromatic rings. The van der Waals surface area contributed by atoms with Gasteiger partial charge < -0.3 is 4.90 Å². The van der Waals surface area contributed by atoms with Crippen molar-refractivity contribution in [1.82, 2.24) is 4.90 Å². The van der Waals surface area contributed by atoms with Crippen molar-refractivity contribution < 1.29 is 17.4 Å². The quantitative estimate of drug-likeness (QED) is 0.728. The predicted molar refractivity (Wildman–Crippen MR) is 76.7 cm³/mol. The van der Waals surface area contributed by atoms with Gasteiger partial charge in [0.15, 0.2) is 0 Å². The first kappa shape index (κ1) is 15.8. The van der Waals surface area contributed by atoms with Crippen LogP contribution in [0.25, 0.3) is 0 Å². The maximum atomic E-state index is 12.4. The van der Waals surface area contributed by atoms with Crippen molar-refractivity contribution in [2.45, 2.75) is 57.4 Å². The summed E-state index contributed by atoms with van der Waals surface area (Å²) in [6.45, 7) is 0.846. The molecule has 1 saturated heterocycles. The molecule has 1 aliphatic carbocycles. The minimum Gasteiger partial charge on any atom is -0.337 e. The molecular weight excluding hydrogens is 278 g/mol. The Morgan fingerprint density at radius 3 is 2.50 bits per heavy atom. The number of amides is 1. The molecule has 2 fully saturated rings. The molecule has 1 aliphatic heterocycles. The molecule has 1 amide bonds. The number of carbonyl (C=O) groups is 1. The molecule has 1 atom stereocenters. The van der Waals surface area contributed by atoms with E-state index in [1.165, 1.54) is 19.3 Å². The van der Waals surface area contributed by atoms with Gasteiger partial charge in [0.25, 0.3) is 10.1 Å². The normalized spacial score (nSPS) is 25.1. The van der Waals surface area contributed by atoms with Crippen molar-refractivity contribution in [3.63, 3.8) is 0 Å². The van der Waals surface area contributed by atoms with Crippen LogP contribution in [-0.2, 0) is 19.1 Å². The topological polar surface area (TPSA) is 63.7 Å². The van der Waals surface area contributed by atoms with Gasteiger partial charge in [-0.1, -0.05) is 19.3 Å². The van der Waals surface area contributed by atoms with Gasteiger partial charge in [0.1, 0.15) is 0 Å². The van der Waals surface area contributed by atoms with Crippen molar-refractivity contribution in [3.8, 4) is 0 Å². The molecule has 1 saturated carbocycles. The average molecular weight is 303 g/mol. The average Bonchev–Trinajstić information content (AvgIpc) is 2.85. The maximum Gasteiger partial charge on any atom is 0.264 e. The van der Waals surface area contributed by atoms with Gasteiger partial charge in [-0.15, -0.1) is 0 Å². The van der Waals surface area contributed by atoms with E-state index in [1.807, 2.05) is 4.90 Å². The van der Waals surface area contributed by atoms with Gasteiger partial charge in [-0.2, -0.15) is 8.42 Å². The standard InChI is InChI=1S/C14H25NO4S/c1-20(17,18)19-11-13-8-5-9-15(13)14(16)10-12-6-3-2-4-7-12/h12-13H,2-11H2,1H3/t13-/m0/s1. The zero-order valence-corrected chi connectivity index (χ0v) is 13.0. The molecule has 20 heavy (non-hydrogen) atoms. The number of rotatable bonds is 5. The highest BCUT2D eigenvalue weighted by atomic mass is 32.2. The van der Waals surface area contributed by atoms with Crippen LogP contribution in [0, 0.1) is 5.92 Å². The van der Waals surface area contributed by atoms with E-state index in [9.17, 15) is 13.2 Å². The van der Waals surface area contributed by atoms with Crippen LogP contribution >= 0.6 is 0 Å². The molecule has 2 aliphatic rings. The first-order valence-corrected chi connectivity index (χ1v) is 9.41. The van der Waals surface area contributed by atoms with Gasteiger partial charge in [0.2, 0.25) is 5.91 Å². The molecule has 0 aromatic heterocycles. The molecule has 0 radical (unpaired) electrons.